The van der Waals surface area contributed by atoms with Crippen molar-refractivity contribution >= 4 is 6.09 Å². The molecule has 0 spiro atoms. The summed E-state index contributed by atoms with van der Waals surface area (Å²) < 4.78 is 5.70. The van der Waals surface area contributed by atoms with Gasteiger partial charge < -0.3 is 14.8 Å². The second-order valence-corrected chi connectivity index (χ2v) is 4.59. The van der Waals surface area contributed by atoms with Gasteiger partial charge in [0.1, 0.15) is 11.5 Å². The van der Waals surface area contributed by atoms with E-state index in [-0.39, 0.29) is 6.54 Å². The first-order valence-corrected chi connectivity index (χ1v) is 6.64. The van der Waals surface area contributed by atoms with Crippen LogP contribution in [0.2, 0.25) is 0 Å². The Morgan fingerprint density at radius 1 is 1.09 bits per heavy atom. The molecule has 6 heteroatoms. The van der Waals surface area contributed by atoms with Crippen molar-refractivity contribution < 1.29 is 14.3 Å². The van der Waals surface area contributed by atoms with E-state index in [1.54, 1.807) is 36.9 Å². The van der Waals surface area contributed by atoms with Gasteiger partial charge in [-0.3, -0.25) is 9.97 Å². The summed E-state index contributed by atoms with van der Waals surface area (Å²) in [5.74, 6) is 1.17. The number of amides is 1. The van der Waals surface area contributed by atoms with Crippen molar-refractivity contribution in [2.75, 3.05) is 0 Å². The minimum absolute atomic E-state index is 0.123. The van der Waals surface area contributed by atoms with Crippen molar-refractivity contribution in [1.29, 1.82) is 0 Å². The molecular formula is C16H13N3O3. The van der Waals surface area contributed by atoms with Gasteiger partial charge in [0.15, 0.2) is 0 Å². The fourth-order valence-electron chi connectivity index (χ4n) is 2.15. The maximum absolute atomic E-state index is 10.5. The molecule has 3 heterocycles. The van der Waals surface area contributed by atoms with Crippen molar-refractivity contribution in [3.8, 4) is 22.5 Å². The van der Waals surface area contributed by atoms with Crippen LogP contribution in [-0.4, -0.2) is 21.2 Å². The van der Waals surface area contributed by atoms with Crippen LogP contribution < -0.4 is 5.32 Å². The van der Waals surface area contributed by atoms with Gasteiger partial charge in [-0.2, -0.15) is 0 Å². The number of furan rings is 1. The molecule has 0 aliphatic carbocycles. The van der Waals surface area contributed by atoms with E-state index in [0.717, 1.165) is 16.7 Å². The van der Waals surface area contributed by atoms with Crippen LogP contribution in [0.1, 0.15) is 5.76 Å². The number of pyridine rings is 2. The molecule has 1 amide bonds. The van der Waals surface area contributed by atoms with E-state index in [2.05, 4.69) is 15.3 Å². The first-order valence-electron chi connectivity index (χ1n) is 6.64. The smallest absolute Gasteiger partial charge is 0.405 e. The molecule has 3 rings (SSSR count). The topological polar surface area (TPSA) is 88.2 Å². The molecule has 0 fully saturated rings. The van der Waals surface area contributed by atoms with E-state index in [4.69, 9.17) is 9.52 Å². The molecule has 0 aliphatic rings. The summed E-state index contributed by atoms with van der Waals surface area (Å²) in [7, 11) is 0. The van der Waals surface area contributed by atoms with E-state index in [1.807, 2.05) is 18.2 Å². The van der Waals surface area contributed by atoms with Gasteiger partial charge in [0.05, 0.1) is 6.54 Å². The molecule has 110 valence electrons. The first-order chi connectivity index (χ1) is 10.7. The molecular weight excluding hydrogens is 282 g/mol. The summed E-state index contributed by atoms with van der Waals surface area (Å²) in [6.45, 7) is 0.123. The lowest BCUT2D eigenvalue weighted by molar-refractivity contribution is 0.193. The Morgan fingerprint density at radius 3 is 2.73 bits per heavy atom. The van der Waals surface area contributed by atoms with Crippen LogP contribution in [0.3, 0.4) is 0 Å². The summed E-state index contributed by atoms with van der Waals surface area (Å²) >= 11 is 0. The predicted molar refractivity (Wildman–Crippen MR) is 80.0 cm³/mol. The zero-order chi connectivity index (χ0) is 15.4. The van der Waals surface area contributed by atoms with E-state index in [1.165, 1.54) is 0 Å². The van der Waals surface area contributed by atoms with Gasteiger partial charge in [-0.15, -0.1) is 0 Å². The number of nitrogens with zero attached hydrogens (tertiary/aromatic N) is 2. The number of hydrogen-bond donors (Lipinski definition) is 2. The molecule has 22 heavy (non-hydrogen) atoms. The molecule has 0 saturated carbocycles. The van der Waals surface area contributed by atoms with Gasteiger partial charge >= 0.3 is 6.09 Å². The Kier molecular flexibility index (Phi) is 3.82. The Balaban J connectivity index is 1.94. The molecule has 0 bridgehead atoms. The third-order valence-corrected chi connectivity index (χ3v) is 3.13. The molecule has 2 N–H and O–H groups in total. The van der Waals surface area contributed by atoms with Crippen LogP contribution in [-0.2, 0) is 6.54 Å². The fourth-order valence-corrected chi connectivity index (χ4v) is 2.15. The molecule has 6 nitrogen and oxygen atoms in total. The van der Waals surface area contributed by atoms with Crippen LogP contribution >= 0.6 is 0 Å². The van der Waals surface area contributed by atoms with Gasteiger partial charge in [0, 0.05) is 35.9 Å². The maximum Gasteiger partial charge on any atom is 0.405 e. The fraction of sp³-hybridized carbons (Fsp3) is 0.0625. The Labute approximate surface area is 126 Å². The highest BCUT2D eigenvalue weighted by molar-refractivity contribution is 5.80. The molecule has 3 aromatic heterocycles. The van der Waals surface area contributed by atoms with Gasteiger partial charge in [0.25, 0.3) is 0 Å². The van der Waals surface area contributed by atoms with E-state index >= 15 is 0 Å². The average Bonchev–Trinajstić information content (AvgIpc) is 3.03. The second kappa shape index (κ2) is 6.09. The lowest BCUT2D eigenvalue weighted by Gasteiger charge is -2.06. The van der Waals surface area contributed by atoms with Crippen LogP contribution in [0.25, 0.3) is 22.5 Å². The van der Waals surface area contributed by atoms with Gasteiger partial charge in [0.2, 0.25) is 0 Å². The zero-order valence-corrected chi connectivity index (χ0v) is 11.6. The van der Waals surface area contributed by atoms with Crippen LogP contribution in [0.4, 0.5) is 4.79 Å². The maximum atomic E-state index is 10.5. The highest BCUT2D eigenvalue weighted by atomic mass is 16.4. The molecule has 0 atom stereocenters. The predicted octanol–water partition coefficient (Wildman–Crippen LogP) is 3.17. The van der Waals surface area contributed by atoms with Crippen LogP contribution in [0.5, 0.6) is 0 Å². The third kappa shape index (κ3) is 2.95. The molecule has 3 aromatic rings. The Hall–Kier alpha value is -3.15. The molecule has 0 unspecified atom stereocenters. The minimum Gasteiger partial charge on any atom is -0.465 e. The summed E-state index contributed by atoms with van der Waals surface area (Å²) in [6.07, 6.45) is 5.83. The number of nitrogens with one attached hydrogen (secondary N) is 1. The zero-order valence-electron chi connectivity index (χ0n) is 11.6. The van der Waals surface area contributed by atoms with Crippen molar-refractivity contribution in [2.24, 2.45) is 0 Å². The SMILES string of the molecule is O=C(O)NCc1ccc(-c2cnccc2-c2cccnc2)o1. The number of carboxylic acid groups (broad SMARTS) is 1. The summed E-state index contributed by atoms with van der Waals surface area (Å²) in [6, 6.07) is 9.26. The lowest BCUT2D eigenvalue weighted by atomic mass is 10.0. The van der Waals surface area contributed by atoms with Gasteiger partial charge in [-0.05, 0) is 29.8 Å². The first kappa shape index (κ1) is 13.8. The lowest BCUT2D eigenvalue weighted by Crippen LogP contribution is -2.19. The quantitative estimate of drug-likeness (QED) is 0.771. The highest BCUT2D eigenvalue weighted by Crippen LogP contribution is 2.31. The normalized spacial score (nSPS) is 10.4. The van der Waals surface area contributed by atoms with Crippen LogP contribution in [0, 0.1) is 0 Å². The molecule has 0 radical (unpaired) electrons. The average molecular weight is 295 g/mol. The van der Waals surface area contributed by atoms with Gasteiger partial charge in [-0.25, -0.2) is 4.79 Å². The van der Waals surface area contributed by atoms with Crippen molar-refractivity contribution in [1.82, 2.24) is 15.3 Å². The second-order valence-electron chi connectivity index (χ2n) is 4.59. The van der Waals surface area contributed by atoms with Gasteiger partial charge in [-0.1, -0.05) is 6.07 Å². The van der Waals surface area contributed by atoms with E-state index in [0.29, 0.717) is 11.5 Å². The summed E-state index contributed by atoms with van der Waals surface area (Å²) in [4.78, 5) is 18.8. The molecule has 0 aliphatic heterocycles. The molecule has 0 saturated heterocycles. The van der Waals surface area contributed by atoms with Crippen molar-refractivity contribution in [2.45, 2.75) is 6.54 Å². The highest BCUT2D eigenvalue weighted by Gasteiger charge is 2.11. The Morgan fingerprint density at radius 2 is 1.95 bits per heavy atom. The number of aromatic nitrogens is 2. The number of hydrogen-bond acceptors (Lipinski definition) is 4. The van der Waals surface area contributed by atoms with Crippen molar-refractivity contribution in [3.05, 3.63) is 60.9 Å². The third-order valence-electron chi connectivity index (χ3n) is 3.13. The van der Waals surface area contributed by atoms with Crippen molar-refractivity contribution in [3.63, 3.8) is 0 Å². The van der Waals surface area contributed by atoms with E-state index in [9.17, 15) is 4.79 Å². The molecule has 0 aromatic carbocycles. The minimum atomic E-state index is -1.09. The number of rotatable bonds is 4. The summed E-state index contributed by atoms with van der Waals surface area (Å²) in [5, 5.41) is 10.9. The standard InChI is InChI=1S/C16H13N3O3/c20-16(21)19-9-12-3-4-15(22-12)14-10-18-7-5-13(14)11-2-1-6-17-8-11/h1-8,10,19H,9H2,(H,20,21). The van der Waals surface area contributed by atoms with Crippen LogP contribution in [0.15, 0.2) is 59.5 Å². The van der Waals surface area contributed by atoms with E-state index < -0.39 is 6.09 Å². The number of carbonyl (C=O) groups is 1. The Bertz CT molecular complexity index is 784. The summed E-state index contributed by atoms with van der Waals surface area (Å²) in [5.41, 5.74) is 2.74. The largest absolute Gasteiger partial charge is 0.465 e. The monoisotopic (exact) mass is 295 g/mol.